The number of rotatable bonds is 3. The lowest BCUT2D eigenvalue weighted by molar-refractivity contribution is 0.0697. The minimum atomic E-state index is -0.952. The van der Waals surface area contributed by atoms with E-state index >= 15 is 0 Å². The highest BCUT2D eigenvalue weighted by Gasteiger charge is 2.18. The number of hydrogen-bond acceptors (Lipinski definition) is 4. The van der Waals surface area contributed by atoms with Crippen LogP contribution in [0.3, 0.4) is 0 Å². The molecule has 0 radical (unpaired) electrons. The standard InChI is InChI=1S/C11H13BrN2O2S/c12-7-5-9(11(15)16)10(13-6-7)14-8-1-3-17-4-2-8/h5-6,8H,1-4H2,(H,13,14)(H,15,16). The molecule has 4 nitrogen and oxygen atoms in total. The van der Waals surface area contributed by atoms with Crippen molar-refractivity contribution in [2.24, 2.45) is 0 Å². The Hall–Kier alpha value is -0.750. The van der Waals surface area contributed by atoms with Gasteiger partial charge >= 0.3 is 5.97 Å². The minimum Gasteiger partial charge on any atom is -0.478 e. The highest BCUT2D eigenvalue weighted by Crippen LogP contribution is 2.23. The molecule has 92 valence electrons. The number of hydrogen-bond donors (Lipinski definition) is 2. The average molecular weight is 317 g/mol. The van der Waals surface area contributed by atoms with Gasteiger partial charge < -0.3 is 10.4 Å². The Balaban J connectivity index is 2.16. The molecule has 0 unspecified atom stereocenters. The topological polar surface area (TPSA) is 62.2 Å². The van der Waals surface area contributed by atoms with E-state index in [0.717, 1.165) is 24.3 Å². The monoisotopic (exact) mass is 316 g/mol. The summed E-state index contributed by atoms with van der Waals surface area (Å²) in [6, 6.07) is 1.91. The fourth-order valence-corrected chi connectivity index (χ4v) is 3.19. The highest BCUT2D eigenvalue weighted by atomic mass is 79.9. The smallest absolute Gasteiger partial charge is 0.339 e. The quantitative estimate of drug-likeness (QED) is 0.897. The molecule has 0 spiro atoms. The number of carboxylic acids is 1. The maximum atomic E-state index is 11.1. The summed E-state index contributed by atoms with van der Waals surface area (Å²) in [5.74, 6) is 1.76. The van der Waals surface area contributed by atoms with Crippen molar-refractivity contribution in [1.82, 2.24) is 4.98 Å². The molecule has 2 heterocycles. The van der Waals surface area contributed by atoms with Gasteiger partial charge in [-0.1, -0.05) is 0 Å². The van der Waals surface area contributed by atoms with Crippen molar-refractivity contribution >= 4 is 39.5 Å². The number of anilines is 1. The van der Waals surface area contributed by atoms with Crippen LogP contribution >= 0.6 is 27.7 Å². The third-order valence-electron chi connectivity index (χ3n) is 2.65. The van der Waals surface area contributed by atoms with Crippen molar-refractivity contribution in [3.63, 3.8) is 0 Å². The molecular formula is C11H13BrN2O2S. The van der Waals surface area contributed by atoms with E-state index in [0.29, 0.717) is 16.3 Å². The first-order valence-electron chi connectivity index (χ1n) is 5.40. The Labute approximate surface area is 112 Å². The van der Waals surface area contributed by atoms with E-state index in [9.17, 15) is 4.79 Å². The third kappa shape index (κ3) is 3.35. The van der Waals surface area contributed by atoms with Gasteiger partial charge in [-0.2, -0.15) is 11.8 Å². The molecule has 17 heavy (non-hydrogen) atoms. The average Bonchev–Trinajstić information content (AvgIpc) is 2.32. The molecule has 0 bridgehead atoms. The van der Waals surface area contributed by atoms with E-state index in [-0.39, 0.29) is 5.56 Å². The Morgan fingerprint density at radius 3 is 2.88 bits per heavy atom. The number of carboxylic acid groups (broad SMARTS) is 1. The van der Waals surface area contributed by atoms with Crippen LogP contribution in [-0.2, 0) is 0 Å². The summed E-state index contributed by atoms with van der Waals surface area (Å²) in [7, 11) is 0. The maximum absolute atomic E-state index is 11.1. The zero-order chi connectivity index (χ0) is 12.3. The summed E-state index contributed by atoms with van der Waals surface area (Å²) in [5, 5.41) is 12.3. The maximum Gasteiger partial charge on any atom is 0.339 e. The fraction of sp³-hybridized carbons (Fsp3) is 0.455. The number of thioether (sulfide) groups is 1. The first kappa shape index (κ1) is 12.7. The molecule has 0 aliphatic carbocycles. The summed E-state index contributed by atoms with van der Waals surface area (Å²) in [6.45, 7) is 0. The minimum absolute atomic E-state index is 0.220. The molecule has 1 aliphatic heterocycles. The van der Waals surface area contributed by atoms with Gasteiger partial charge in [0.1, 0.15) is 11.4 Å². The second-order valence-electron chi connectivity index (χ2n) is 3.89. The van der Waals surface area contributed by atoms with E-state index in [1.165, 1.54) is 0 Å². The van der Waals surface area contributed by atoms with Gasteiger partial charge in [0.2, 0.25) is 0 Å². The van der Waals surface area contributed by atoms with Gasteiger partial charge in [-0.15, -0.1) is 0 Å². The van der Waals surface area contributed by atoms with Crippen LogP contribution in [0.25, 0.3) is 0 Å². The van der Waals surface area contributed by atoms with E-state index in [2.05, 4.69) is 26.2 Å². The SMILES string of the molecule is O=C(O)c1cc(Br)cnc1NC1CCSCC1. The van der Waals surface area contributed by atoms with Crippen LogP contribution in [-0.4, -0.2) is 33.6 Å². The highest BCUT2D eigenvalue weighted by molar-refractivity contribution is 9.10. The molecule has 1 aliphatic rings. The second-order valence-corrected chi connectivity index (χ2v) is 6.03. The van der Waals surface area contributed by atoms with Gasteiger partial charge in [-0.3, -0.25) is 0 Å². The fourth-order valence-electron chi connectivity index (χ4n) is 1.75. The Morgan fingerprint density at radius 1 is 1.53 bits per heavy atom. The first-order valence-corrected chi connectivity index (χ1v) is 7.34. The number of nitrogens with zero attached hydrogens (tertiary/aromatic N) is 1. The van der Waals surface area contributed by atoms with E-state index in [1.54, 1.807) is 12.3 Å². The predicted molar refractivity (Wildman–Crippen MR) is 72.9 cm³/mol. The molecule has 1 aromatic heterocycles. The third-order valence-corrected chi connectivity index (χ3v) is 4.13. The van der Waals surface area contributed by atoms with Crippen molar-refractivity contribution in [2.75, 3.05) is 16.8 Å². The van der Waals surface area contributed by atoms with E-state index in [4.69, 9.17) is 5.11 Å². The van der Waals surface area contributed by atoms with Crippen LogP contribution in [0.1, 0.15) is 23.2 Å². The van der Waals surface area contributed by atoms with Crippen LogP contribution < -0.4 is 5.32 Å². The molecule has 1 aromatic rings. The van der Waals surface area contributed by atoms with Gasteiger partial charge in [0, 0.05) is 16.7 Å². The van der Waals surface area contributed by atoms with Gasteiger partial charge in [0.25, 0.3) is 0 Å². The molecule has 0 aromatic carbocycles. The first-order chi connectivity index (χ1) is 8.16. The van der Waals surface area contributed by atoms with Gasteiger partial charge in [-0.25, -0.2) is 9.78 Å². The van der Waals surface area contributed by atoms with Crippen LogP contribution in [0.15, 0.2) is 16.7 Å². The van der Waals surface area contributed by atoms with E-state index in [1.807, 2.05) is 11.8 Å². The molecular weight excluding hydrogens is 304 g/mol. The molecule has 1 fully saturated rings. The Morgan fingerprint density at radius 2 is 2.24 bits per heavy atom. The summed E-state index contributed by atoms with van der Waals surface area (Å²) in [6.07, 6.45) is 3.73. The molecule has 2 rings (SSSR count). The van der Waals surface area contributed by atoms with Gasteiger partial charge in [0.05, 0.1) is 0 Å². The number of carbonyl (C=O) groups is 1. The van der Waals surface area contributed by atoms with Crippen LogP contribution in [0.4, 0.5) is 5.82 Å². The molecule has 6 heteroatoms. The van der Waals surface area contributed by atoms with Crippen molar-refractivity contribution in [2.45, 2.75) is 18.9 Å². The number of nitrogens with one attached hydrogen (secondary N) is 1. The molecule has 0 saturated carbocycles. The predicted octanol–water partition coefficient (Wildman–Crippen LogP) is 2.85. The normalized spacial score (nSPS) is 16.8. The lowest BCUT2D eigenvalue weighted by Crippen LogP contribution is -2.26. The Bertz CT molecular complexity index is 422. The van der Waals surface area contributed by atoms with Crippen molar-refractivity contribution in [1.29, 1.82) is 0 Å². The van der Waals surface area contributed by atoms with Crippen LogP contribution in [0.2, 0.25) is 0 Å². The van der Waals surface area contributed by atoms with Crippen molar-refractivity contribution in [3.8, 4) is 0 Å². The molecule has 0 amide bonds. The molecule has 0 atom stereocenters. The Kier molecular flexibility index (Phi) is 4.28. The summed E-state index contributed by atoms with van der Waals surface area (Å²) >= 11 is 5.17. The van der Waals surface area contributed by atoms with Gasteiger partial charge in [0.15, 0.2) is 0 Å². The molecule has 2 N–H and O–H groups in total. The lowest BCUT2D eigenvalue weighted by atomic mass is 10.1. The number of aromatic carboxylic acids is 1. The lowest BCUT2D eigenvalue weighted by Gasteiger charge is -2.23. The summed E-state index contributed by atoms with van der Waals surface area (Å²) in [5.41, 5.74) is 0.220. The number of halogens is 1. The van der Waals surface area contributed by atoms with Crippen molar-refractivity contribution in [3.05, 3.63) is 22.3 Å². The van der Waals surface area contributed by atoms with Gasteiger partial charge in [-0.05, 0) is 46.3 Å². The zero-order valence-electron chi connectivity index (χ0n) is 9.15. The number of aromatic nitrogens is 1. The molecule has 1 saturated heterocycles. The zero-order valence-corrected chi connectivity index (χ0v) is 11.6. The van der Waals surface area contributed by atoms with Crippen LogP contribution in [0.5, 0.6) is 0 Å². The van der Waals surface area contributed by atoms with Crippen molar-refractivity contribution < 1.29 is 9.90 Å². The number of pyridine rings is 1. The largest absolute Gasteiger partial charge is 0.478 e. The second kappa shape index (κ2) is 5.73. The summed E-state index contributed by atoms with van der Waals surface area (Å²) < 4.78 is 0.680. The van der Waals surface area contributed by atoms with E-state index < -0.39 is 5.97 Å². The van der Waals surface area contributed by atoms with Crippen LogP contribution in [0, 0.1) is 0 Å². The summed E-state index contributed by atoms with van der Waals surface area (Å²) in [4.78, 5) is 15.3.